The number of carbonyl (C=O) groups excluding carboxylic acids is 1. The lowest BCUT2D eigenvalue weighted by Gasteiger charge is -2.21. The molecule has 146 valence electrons. The van der Waals surface area contributed by atoms with Gasteiger partial charge in [0.05, 0.1) is 28.4 Å². The molecule has 0 aromatic heterocycles. The van der Waals surface area contributed by atoms with Gasteiger partial charge in [0.15, 0.2) is 9.84 Å². The van der Waals surface area contributed by atoms with Gasteiger partial charge < -0.3 is 5.32 Å². The van der Waals surface area contributed by atoms with Crippen molar-refractivity contribution in [2.75, 3.05) is 23.9 Å². The molecule has 0 aliphatic rings. The van der Waals surface area contributed by atoms with Gasteiger partial charge in [0.1, 0.15) is 0 Å². The molecule has 1 atom stereocenters. The van der Waals surface area contributed by atoms with Gasteiger partial charge in [-0.05, 0) is 36.8 Å². The second-order valence-electron chi connectivity index (χ2n) is 6.28. The third-order valence-corrected chi connectivity index (χ3v) is 6.46. The lowest BCUT2D eigenvalue weighted by Crippen LogP contribution is -2.31. The van der Waals surface area contributed by atoms with Crippen LogP contribution in [0.5, 0.6) is 0 Å². The number of carbonyl (C=O) groups is 1. The molecule has 1 amide bonds. The maximum atomic E-state index is 12.7. The number of sulfone groups is 1. The lowest BCUT2D eigenvalue weighted by molar-refractivity contribution is 0.0940. The van der Waals surface area contributed by atoms with Crippen molar-refractivity contribution in [1.29, 1.82) is 0 Å². The molecule has 0 saturated carbocycles. The van der Waals surface area contributed by atoms with Crippen LogP contribution in [0, 0.1) is 0 Å². The van der Waals surface area contributed by atoms with E-state index in [1.54, 1.807) is 43.3 Å². The van der Waals surface area contributed by atoms with E-state index in [2.05, 4.69) is 5.32 Å². The number of rotatable bonds is 6. The third-order valence-electron chi connectivity index (χ3n) is 4.14. The molecule has 0 saturated heterocycles. The number of sulfonamides is 1. The van der Waals surface area contributed by atoms with Crippen LogP contribution in [0.4, 0.5) is 5.69 Å². The fraction of sp³-hybridized carbons (Fsp3) is 0.278. The topological polar surface area (TPSA) is 101 Å². The van der Waals surface area contributed by atoms with Gasteiger partial charge in [0, 0.05) is 13.3 Å². The van der Waals surface area contributed by atoms with Crippen LogP contribution in [0.1, 0.15) is 28.9 Å². The number of amides is 1. The minimum atomic E-state index is -3.51. The van der Waals surface area contributed by atoms with E-state index >= 15 is 0 Å². The maximum absolute atomic E-state index is 12.7. The Morgan fingerprint density at radius 2 is 1.52 bits per heavy atom. The summed E-state index contributed by atoms with van der Waals surface area (Å²) < 4.78 is 47.7. The van der Waals surface area contributed by atoms with E-state index in [-0.39, 0.29) is 16.1 Å². The zero-order valence-corrected chi connectivity index (χ0v) is 17.1. The Bertz CT molecular complexity index is 1050. The first-order valence-corrected chi connectivity index (χ1v) is 11.8. The highest BCUT2D eigenvalue weighted by Gasteiger charge is 2.21. The van der Waals surface area contributed by atoms with E-state index in [9.17, 15) is 21.6 Å². The summed E-state index contributed by atoms with van der Waals surface area (Å²) in [7, 11) is -5.42. The van der Waals surface area contributed by atoms with Gasteiger partial charge in [-0.3, -0.25) is 9.10 Å². The standard InChI is InChI=1S/C18H22N2O5S2/c1-13(14-9-11-15(12-10-14)26(3,22)23)19-18(21)16-7-5-6-8-17(16)20(2)27(4,24)25/h5-13H,1-4H3,(H,19,21)/t13-/m1/s1. The maximum Gasteiger partial charge on any atom is 0.253 e. The molecule has 0 radical (unpaired) electrons. The number of para-hydroxylation sites is 1. The van der Waals surface area contributed by atoms with E-state index < -0.39 is 31.8 Å². The molecular formula is C18H22N2O5S2. The van der Waals surface area contributed by atoms with Gasteiger partial charge in [0.2, 0.25) is 10.0 Å². The van der Waals surface area contributed by atoms with Gasteiger partial charge in [-0.25, -0.2) is 16.8 Å². The Balaban J connectivity index is 2.25. The highest BCUT2D eigenvalue weighted by molar-refractivity contribution is 7.92. The van der Waals surface area contributed by atoms with E-state index in [0.717, 1.165) is 22.4 Å². The van der Waals surface area contributed by atoms with Crippen molar-refractivity contribution in [1.82, 2.24) is 5.32 Å². The first-order valence-electron chi connectivity index (χ1n) is 8.05. The van der Waals surface area contributed by atoms with Crippen molar-refractivity contribution in [2.24, 2.45) is 0 Å². The summed E-state index contributed by atoms with van der Waals surface area (Å²) in [5, 5.41) is 2.81. The predicted molar refractivity (Wildman–Crippen MR) is 105 cm³/mol. The van der Waals surface area contributed by atoms with Crippen molar-refractivity contribution in [3.05, 3.63) is 59.7 Å². The number of hydrogen-bond donors (Lipinski definition) is 1. The zero-order valence-electron chi connectivity index (χ0n) is 15.5. The summed E-state index contributed by atoms with van der Waals surface area (Å²) in [4.78, 5) is 12.9. The third kappa shape index (κ3) is 5.08. The molecule has 2 aromatic carbocycles. The minimum Gasteiger partial charge on any atom is -0.345 e. The molecule has 0 aliphatic carbocycles. The largest absolute Gasteiger partial charge is 0.345 e. The summed E-state index contributed by atoms with van der Waals surface area (Å²) in [6, 6.07) is 12.3. The molecule has 0 fully saturated rings. The average molecular weight is 411 g/mol. The Morgan fingerprint density at radius 3 is 2.04 bits per heavy atom. The lowest BCUT2D eigenvalue weighted by atomic mass is 10.1. The molecule has 7 nitrogen and oxygen atoms in total. The van der Waals surface area contributed by atoms with Gasteiger partial charge in [-0.15, -0.1) is 0 Å². The number of nitrogens with one attached hydrogen (secondary N) is 1. The van der Waals surface area contributed by atoms with Crippen LogP contribution in [-0.4, -0.2) is 42.3 Å². The number of benzene rings is 2. The van der Waals surface area contributed by atoms with Crippen LogP contribution in [-0.2, 0) is 19.9 Å². The molecule has 0 bridgehead atoms. The fourth-order valence-corrected chi connectivity index (χ4v) is 3.63. The van der Waals surface area contributed by atoms with Crippen molar-refractivity contribution in [3.63, 3.8) is 0 Å². The van der Waals surface area contributed by atoms with Crippen molar-refractivity contribution < 1.29 is 21.6 Å². The van der Waals surface area contributed by atoms with E-state index in [0.29, 0.717) is 0 Å². The van der Waals surface area contributed by atoms with E-state index in [1.165, 1.54) is 19.2 Å². The number of nitrogens with zero attached hydrogens (tertiary/aromatic N) is 1. The van der Waals surface area contributed by atoms with Crippen LogP contribution in [0.15, 0.2) is 53.4 Å². The van der Waals surface area contributed by atoms with Crippen LogP contribution in [0.25, 0.3) is 0 Å². The smallest absolute Gasteiger partial charge is 0.253 e. The number of hydrogen-bond acceptors (Lipinski definition) is 5. The molecule has 27 heavy (non-hydrogen) atoms. The Morgan fingerprint density at radius 1 is 0.963 bits per heavy atom. The second-order valence-corrected chi connectivity index (χ2v) is 10.3. The average Bonchev–Trinajstić information content (AvgIpc) is 2.59. The van der Waals surface area contributed by atoms with Crippen molar-refractivity contribution in [3.8, 4) is 0 Å². The minimum absolute atomic E-state index is 0.199. The first-order chi connectivity index (χ1) is 12.4. The quantitative estimate of drug-likeness (QED) is 0.785. The second kappa shape index (κ2) is 7.69. The monoisotopic (exact) mass is 410 g/mol. The van der Waals surface area contributed by atoms with E-state index in [1.807, 2.05) is 0 Å². The van der Waals surface area contributed by atoms with Crippen molar-refractivity contribution in [2.45, 2.75) is 17.9 Å². The zero-order chi connectivity index (χ0) is 20.4. The Hall–Kier alpha value is -2.39. The van der Waals surface area contributed by atoms with E-state index in [4.69, 9.17) is 0 Å². The van der Waals surface area contributed by atoms with Gasteiger partial charge in [-0.1, -0.05) is 24.3 Å². The van der Waals surface area contributed by atoms with Crippen LogP contribution >= 0.6 is 0 Å². The highest BCUT2D eigenvalue weighted by Crippen LogP contribution is 2.23. The summed E-state index contributed by atoms with van der Waals surface area (Å²) in [5.74, 6) is -0.430. The molecule has 2 rings (SSSR count). The molecule has 1 N–H and O–H groups in total. The summed E-state index contributed by atoms with van der Waals surface area (Å²) >= 11 is 0. The number of anilines is 1. The van der Waals surface area contributed by atoms with Gasteiger partial charge in [-0.2, -0.15) is 0 Å². The Labute approximate surface area is 160 Å². The summed E-state index contributed by atoms with van der Waals surface area (Å²) in [6.07, 6.45) is 2.19. The summed E-state index contributed by atoms with van der Waals surface area (Å²) in [6.45, 7) is 1.76. The SMILES string of the molecule is C[C@@H](NC(=O)c1ccccc1N(C)S(C)(=O)=O)c1ccc(S(C)(=O)=O)cc1. The Kier molecular flexibility index (Phi) is 5.96. The van der Waals surface area contributed by atoms with Crippen LogP contribution in [0.3, 0.4) is 0 Å². The normalized spacial score (nSPS) is 13.0. The first kappa shape index (κ1) is 20.9. The molecule has 9 heteroatoms. The van der Waals surface area contributed by atoms with Gasteiger partial charge in [0.25, 0.3) is 5.91 Å². The fourth-order valence-electron chi connectivity index (χ4n) is 2.48. The molecular weight excluding hydrogens is 388 g/mol. The predicted octanol–water partition coefficient (Wildman–Crippen LogP) is 1.98. The van der Waals surface area contributed by atoms with Gasteiger partial charge >= 0.3 is 0 Å². The molecule has 0 heterocycles. The van der Waals surface area contributed by atoms with Crippen LogP contribution < -0.4 is 9.62 Å². The molecule has 0 spiro atoms. The molecule has 0 aliphatic heterocycles. The van der Waals surface area contributed by atoms with Crippen molar-refractivity contribution >= 4 is 31.5 Å². The highest BCUT2D eigenvalue weighted by atomic mass is 32.2. The molecule has 2 aromatic rings. The van der Waals surface area contributed by atoms with Crippen LogP contribution in [0.2, 0.25) is 0 Å². The summed E-state index contributed by atoms with van der Waals surface area (Å²) in [5.41, 5.74) is 1.23. The molecule has 0 unspecified atom stereocenters.